The van der Waals surface area contributed by atoms with Crippen molar-refractivity contribution in [3.05, 3.63) is 0 Å². The van der Waals surface area contributed by atoms with E-state index in [2.05, 4.69) is 25.8 Å². The van der Waals surface area contributed by atoms with Crippen LogP contribution in [0.25, 0.3) is 0 Å². The summed E-state index contributed by atoms with van der Waals surface area (Å²) in [5, 5.41) is 12.6. The van der Waals surface area contributed by atoms with Crippen molar-refractivity contribution in [2.24, 2.45) is 23.7 Å². The highest BCUT2D eigenvalue weighted by Crippen LogP contribution is 2.29. The van der Waals surface area contributed by atoms with Crippen LogP contribution in [-0.4, -0.2) is 70.6 Å². The maximum atomic E-state index is 13.8. The number of nitrogens with one attached hydrogen (secondary N) is 1. The summed E-state index contributed by atoms with van der Waals surface area (Å²) < 4.78 is 0. The first-order chi connectivity index (χ1) is 17.6. The van der Waals surface area contributed by atoms with Gasteiger partial charge in [-0.15, -0.1) is 0 Å². The summed E-state index contributed by atoms with van der Waals surface area (Å²) in [5.74, 6) is 0.485. The molecule has 2 fully saturated rings. The van der Waals surface area contributed by atoms with E-state index in [1.54, 1.807) is 5.01 Å². The SMILES string of the molecule is CC(C)CCC(=O)N(C(CCCC1CCCCC1)C(=O)NO)N(CC(C)C)C(=O)CC1CCN(C)CC1. The molecule has 0 bridgehead atoms. The van der Waals surface area contributed by atoms with E-state index in [1.165, 1.54) is 37.1 Å². The molecule has 1 aliphatic carbocycles. The van der Waals surface area contributed by atoms with Crippen molar-refractivity contribution >= 4 is 17.7 Å². The number of rotatable bonds is 13. The Labute approximate surface area is 225 Å². The molecule has 8 nitrogen and oxygen atoms in total. The van der Waals surface area contributed by atoms with Gasteiger partial charge in [-0.25, -0.2) is 10.5 Å². The van der Waals surface area contributed by atoms with Gasteiger partial charge in [0.2, 0.25) is 11.8 Å². The summed E-state index contributed by atoms with van der Waals surface area (Å²) >= 11 is 0. The summed E-state index contributed by atoms with van der Waals surface area (Å²) in [7, 11) is 2.10. The van der Waals surface area contributed by atoms with Crippen LogP contribution in [0.1, 0.15) is 111 Å². The van der Waals surface area contributed by atoms with E-state index in [1.807, 2.05) is 19.3 Å². The van der Waals surface area contributed by atoms with Gasteiger partial charge in [-0.1, -0.05) is 72.6 Å². The fraction of sp³-hybridized carbons (Fsp3) is 0.897. The maximum Gasteiger partial charge on any atom is 0.268 e. The zero-order valence-electron chi connectivity index (χ0n) is 24.2. The summed E-state index contributed by atoms with van der Waals surface area (Å²) in [5.41, 5.74) is 1.81. The number of amides is 3. The van der Waals surface area contributed by atoms with Crippen molar-refractivity contribution in [2.75, 3.05) is 26.7 Å². The molecule has 2 rings (SSSR count). The van der Waals surface area contributed by atoms with E-state index >= 15 is 0 Å². The Morgan fingerprint density at radius 3 is 2.11 bits per heavy atom. The third kappa shape index (κ3) is 10.9. The first-order valence-electron chi connectivity index (χ1n) is 14.9. The predicted octanol–water partition coefficient (Wildman–Crippen LogP) is 5.01. The molecule has 8 heteroatoms. The molecule has 1 atom stereocenters. The lowest BCUT2D eigenvalue weighted by Crippen LogP contribution is -2.60. The zero-order valence-corrected chi connectivity index (χ0v) is 24.2. The highest BCUT2D eigenvalue weighted by molar-refractivity contribution is 5.89. The van der Waals surface area contributed by atoms with Crippen LogP contribution in [0.2, 0.25) is 0 Å². The Morgan fingerprint density at radius 1 is 0.892 bits per heavy atom. The van der Waals surface area contributed by atoms with Gasteiger partial charge in [0.25, 0.3) is 5.91 Å². The number of hydrazine groups is 1. The van der Waals surface area contributed by atoms with Crippen LogP contribution in [0.15, 0.2) is 0 Å². The molecule has 37 heavy (non-hydrogen) atoms. The van der Waals surface area contributed by atoms with E-state index in [-0.39, 0.29) is 30.1 Å². The van der Waals surface area contributed by atoms with Crippen molar-refractivity contribution in [3.63, 3.8) is 0 Å². The van der Waals surface area contributed by atoms with E-state index in [0.29, 0.717) is 37.6 Å². The average molecular weight is 523 g/mol. The molecule has 1 aliphatic heterocycles. The molecule has 1 heterocycles. The molecule has 3 amide bonds. The van der Waals surface area contributed by atoms with Crippen LogP contribution >= 0.6 is 0 Å². The van der Waals surface area contributed by atoms with Crippen molar-refractivity contribution in [1.82, 2.24) is 20.4 Å². The second-order valence-electron chi connectivity index (χ2n) is 12.4. The van der Waals surface area contributed by atoms with Crippen LogP contribution < -0.4 is 5.48 Å². The number of hydrogen-bond donors (Lipinski definition) is 2. The maximum absolute atomic E-state index is 13.8. The number of hydrogen-bond acceptors (Lipinski definition) is 5. The summed E-state index contributed by atoms with van der Waals surface area (Å²) in [6, 6.07) is -0.895. The molecule has 1 saturated carbocycles. The molecule has 0 aromatic carbocycles. The van der Waals surface area contributed by atoms with Gasteiger partial charge in [0.1, 0.15) is 6.04 Å². The Morgan fingerprint density at radius 2 is 1.54 bits per heavy atom. The number of carbonyl (C=O) groups excluding carboxylic acids is 3. The van der Waals surface area contributed by atoms with Gasteiger partial charge in [0.15, 0.2) is 0 Å². The number of piperidine rings is 1. The standard InChI is InChI=1S/C29H54N4O4/c1-22(2)14-15-27(34)33(26(29(36)30-37)13-9-12-24-10-7-6-8-11-24)32(21-23(3)4)28(35)20-25-16-18-31(5)19-17-25/h22-26,37H,6-21H2,1-5H3,(H,30,36). The Hall–Kier alpha value is -1.67. The molecule has 0 aromatic rings. The molecule has 1 unspecified atom stereocenters. The van der Waals surface area contributed by atoms with Crippen molar-refractivity contribution in [1.29, 1.82) is 0 Å². The normalized spacial score (nSPS) is 18.7. The monoisotopic (exact) mass is 522 g/mol. The largest absolute Gasteiger partial charge is 0.306 e. The molecular formula is C29H54N4O4. The van der Waals surface area contributed by atoms with Crippen molar-refractivity contribution in [3.8, 4) is 0 Å². The number of nitrogens with zero attached hydrogens (tertiary/aromatic N) is 3. The zero-order chi connectivity index (χ0) is 27.4. The fourth-order valence-electron chi connectivity index (χ4n) is 5.79. The summed E-state index contributed by atoms with van der Waals surface area (Å²) in [6.07, 6.45) is 11.8. The van der Waals surface area contributed by atoms with E-state index < -0.39 is 11.9 Å². The quantitative estimate of drug-likeness (QED) is 0.262. The smallest absolute Gasteiger partial charge is 0.268 e. The van der Waals surface area contributed by atoms with E-state index in [9.17, 15) is 19.6 Å². The lowest BCUT2D eigenvalue weighted by atomic mass is 9.85. The highest BCUT2D eigenvalue weighted by Gasteiger charge is 2.37. The second kappa shape index (κ2) is 16.3. The lowest BCUT2D eigenvalue weighted by Gasteiger charge is -2.41. The number of carbonyl (C=O) groups is 3. The van der Waals surface area contributed by atoms with Crippen LogP contribution in [0, 0.1) is 23.7 Å². The van der Waals surface area contributed by atoms with Gasteiger partial charge in [-0.3, -0.25) is 24.6 Å². The summed E-state index contributed by atoms with van der Waals surface area (Å²) in [4.78, 5) is 42.8. The van der Waals surface area contributed by atoms with E-state index in [0.717, 1.165) is 38.8 Å². The Kier molecular flexibility index (Phi) is 13.9. The first-order valence-corrected chi connectivity index (χ1v) is 14.9. The van der Waals surface area contributed by atoms with Gasteiger partial charge in [-0.2, -0.15) is 0 Å². The van der Waals surface area contributed by atoms with Crippen LogP contribution in [-0.2, 0) is 14.4 Å². The van der Waals surface area contributed by atoms with Gasteiger partial charge < -0.3 is 4.90 Å². The Bertz CT molecular complexity index is 700. The van der Waals surface area contributed by atoms with Gasteiger partial charge >= 0.3 is 0 Å². The molecule has 2 N–H and O–H groups in total. The van der Waals surface area contributed by atoms with Gasteiger partial charge in [-0.05, 0) is 69.5 Å². The van der Waals surface area contributed by atoms with Crippen LogP contribution in [0.3, 0.4) is 0 Å². The average Bonchev–Trinajstić information content (AvgIpc) is 2.87. The number of hydroxylamine groups is 1. The van der Waals surface area contributed by atoms with Crippen LogP contribution in [0.5, 0.6) is 0 Å². The molecule has 214 valence electrons. The fourth-order valence-corrected chi connectivity index (χ4v) is 5.79. The third-order valence-electron chi connectivity index (χ3n) is 8.10. The minimum atomic E-state index is -0.895. The third-order valence-corrected chi connectivity index (χ3v) is 8.10. The van der Waals surface area contributed by atoms with Gasteiger partial charge in [0.05, 0.1) is 0 Å². The molecule has 0 aromatic heterocycles. The Balaban J connectivity index is 2.27. The van der Waals surface area contributed by atoms with Crippen molar-refractivity contribution < 1.29 is 19.6 Å². The molecule has 2 aliphatic rings. The minimum Gasteiger partial charge on any atom is -0.306 e. The van der Waals surface area contributed by atoms with Crippen molar-refractivity contribution in [2.45, 2.75) is 117 Å². The molecular weight excluding hydrogens is 468 g/mol. The first kappa shape index (κ1) is 31.5. The van der Waals surface area contributed by atoms with Gasteiger partial charge in [0, 0.05) is 19.4 Å². The molecule has 1 saturated heterocycles. The second-order valence-corrected chi connectivity index (χ2v) is 12.4. The number of likely N-dealkylation sites (tertiary alicyclic amines) is 1. The van der Waals surface area contributed by atoms with E-state index in [4.69, 9.17) is 0 Å². The topological polar surface area (TPSA) is 93.2 Å². The lowest BCUT2D eigenvalue weighted by molar-refractivity contribution is -0.176. The molecule has 0 spiro atoms. The predicted molar refractivity (Wildman–Crippen MR) is 146 cm³/mol. The molecule has 0 radical (unpaired) electrons. The minimum absolute atomic E-state index is 0.0934. The summed E-state index contributed by atoms with van der Waals surface area (Å²) in [6.45, 7) is 10.5. The highest BCUT2D eigenvalue weighted by atomic mass is 16.5. The van der Waals surface area contributed by atoms with Crippen LogP contribution in [0.4, 0.5) is 0 Å².